The van der Waals surface area contributed by atoms with Crippen LogP contribution >= 0.6 is 11.3 Å². The number of fused-ring (bicyclic) bond motifs is 4. The van der Waals surface area contributed by atoms with Gasteiger partial charge in [-0.15, -0.1) is 11.3 Å². The molecule has 6 rings (SSSR count). The molecule has 0 radical (unpaired) electrons. The smallest absolute Gasteiger partial charge is 0.266 e. The highest BCUT2D eigenvalue weighted by atomic mass is 32.1. The van der Waals surface area contributed by atoms with Crippen LogP contribution in [-0.4, -0.2) is 46.4 Å². The number of benzene rings is 1. The first-order chi connectivity index (χ1) is 16.1. The van der Waals surface area contributed by atoms with E-state index in [2.05, 4.69) is 0 Å². The monoisotopic (exact) mass is 462 g/mol. The van der Waals surface area contributed by atoms with Crippen molar-refractivity contribution < 1.29 is 9.18 Å². The zero-order chi connectivity index (χ0) is 22.5. The number of para-hydroxylation sites is 1. The molecule has 4 heterocycles. The lowest BCUT2D eigenvalue weighted by Gasteiger charge is -2.36. The van der Waals surface area contributed by atoms with E-state index in [1.54, 1.807) is 46.7 Å². The topological polar surface area (TPSA) is 57.9 Å². The summed E-state index contributed by atoms with van der Waals surface area (Å²) in [5, 5.41) is 0.718. The van der Waals surface area contributed by atoms with E-state index in [4.69, 9.17) is 4.98 Å². The van der Waals surface area contributed by atoms with Crippen molar-refractivity contribution in [1.82, 2.24) is 14.3 Å². The van der Waals surface area contributed by atoms with Crippen molar-refractivity contribution in [1.29, 1.82) is 0 Å². The molecule has 1 aliphatic carbocycles. The van der Waals surface area contributed by atoms with Gasteiger partial charge in [-0.3, -0.25) is 14.0 Å². The summed E-state index contributed by atoms with van der Waals surface area (Å²) in [4.78, 5) is 37.1. The summed E-state index contributed by atoms with van der Waals surface area (Å²) in [5.41, 5.74) is 2.65. The van der Waals surface area contributed by atoms with E-state index in [1.165, 1.54) is 15.3 Å². The molecular formula is C25H23FN4O2S. The molecule has 6 nitrogen and oxygen atoms in total. The highest BCUT2D eigenvalue weighted by Crippen LogP contribution is 2.33. The predicted molar refractivity (Wildman–Crippen MR) is 128 cm³/mol. The van der Waals surface area contributed by atoms with Gasteiger partial charge in [0.1, 0.15) is 16.3 Å². The highest BCUT2D eigenvalue weighted by molar-refractivity contribution is 7.18. The van der Waals surface area contributed by atoms with Gasteiger partial charge in [-0.25, -0.2) is 9.37 Å². The molecule has 0 bridgehead atoms. The molecule has 1 aromatic carbocycles. The van der Waals surface area contributed by atoms with Crippen LogP contribution in [0.25, 0.3) is 15.9 Å². The van der Waals surface area contributed by atoms with Gasteiger partial charge in [-0.05, 0) is 55.5 Å². The van der Waals surface area contributed by atoms with E-state index in [1.807, 2.05) is 11.0 Å². The van der Waals surface area contributed by atoms with Gasteiger partial charge in [0.2, 0.25) is 0 Å². The second kappa shape index (κ2) is 7.95. The molecule has 0 spiro atoms. The highest BCUT2D eigenvalue weighted by Gasteiger charge is 2.25. The summed E-state index contributed by atoms with van der Waals surface area (Å²) in [7, 11) is 0. The number of carbonyl (C=O) groups is 1. The Morgan fingerprint density at radius 2 is 1.79 bits per heavy atom. The van der Waals surface area contributed by atoms with E-state index >= 15 is 0 Å². The molecule has 0 N–H and O–H groups in total. The molecule has 2 aliphatic rings. The average Bonchev–Trinajstić information content (AvgIpc) is 3.22. The molecule has 1 aliphatic heterocycles. The Labute approximate surface area is 193 Å². The fraction of sp³-hybridized carbons (Fsp3) is 0.320. The zero-order valence-electron chi connectivity index (χ0n) is 18.1. The van der Waals surface area contributed by atoms with Crippen molar-refractivity contribution >= 4 is 38.8 Å². The van der Waals surface area contributed by atoms with Crippen LogP contribution in [0, 0.1) is 5.82 Å². The molecule has 168 valence electrons. The average molecular weight is 463 g/mol. The molecule has 0 atom stereocenters. The lowest BCUT2D eigenvalue weighted by atomic mass is 9.97. The number of nitrogens with zero attached hydrogens (tertiary/aromatic N) is 4. The molecule has 0 unspecified atom stereocenters. The van der Waals surface area contributed by atoms with Crippen LogP contribution < -0.4 is 10.5 Å². The number of carbonyl (C=O) groups excluding carboxylic acids is 1. The number of thiophene rings is 1. The summed E-state index contributed by atoms with van der Waals surface area (Å²) in [6.07, 6.45) is 5.81. The zero-order valence-corrected chi connectivity index (χ0v) is 18.9. The number of anilines is 1. The standard InChI is InChI=1S/C25H23FN4O2S/c26-18-6-2-3-7-19(18)28-11-13-29(14-12-28)24(31)16-9-10-21-27-23-22(25(32)30(21)15-16)17-5-1-4-8-20(17)33-23/h2-3,6-7,9-10,15H,1,4-5,8,11-14H2. The third-order valence-corrected chi connectivity index (χ3v) is 7.92. The summed E-state index contributed by atoms with van der Waals surface area (Å²) < 4.78 is 15.6. The number of piperazine rings is 1. The molecule has 1 amide bonds. The van der Waals surface area contributed by atoms with Crippen LogP contribution in [0.3, 0.4) is 0 Å². The number of hydrogen-bond acceptors (Lipinski definition) is 5. The Balaban J connectivity index is 1.29. The first-order valence-corrected chi connectivity index (χ1v) is 12.2. The maximum absolute atomic E-state index is 14.1. The van der Waals surface area contributed by atoms with E-state index in [-0.39, 0.29) is 17.3 Å². The van der Waals surface area contributed by atoms with Crippen LogP contribution in [0.5, 0.6) is 0 Å². The van der Waals surface area contributed by atoms with Gasteiger partial charge in [0.25, 0.3) is 11.5 Å². The maximum Gasteiger partial charge on any atom is 0.266 e. The first-order valence-electron chi connectivity index (χ1n) is 11.4. The SMILES string of the molecule is O=C(c1ccc2nc3sc4c(c3c(=O)n2c1)CCCC4)N1CCN(c2ccccc2F)CC1. The second-order valence-electron chi connectivity index (χ2n) is 8.68. The maximum atomic E-state index is 14.1. The molecule has 1 saturated heterocycles. The Morgan fingerprint density at radius 1 is 1.00 bits per heavy atom. The van der Waals surface area contributed by atoms with Crippen LogP contribution in [0.4, 0.5) is 10.1 Å². The van der Waals surface area contributed by atoms with Crippen molar-refractivity contribution in [3.05, 3.63) is 74.8 Å². The van der Waals surface area contributed by atoms with Crippen molar-refractivity contribution in [2.75, 3.05) is 31.1 Å². The Morgan fingerprint density at radius 3 is 2.61 bits per heavy atom. The molecule has 33 heavy (non-hydrogen) atoms. The van der Waals surface area contributed by atoms with Crippen LogP contribution in [0.2, 0.25) is 0 Å². The van der Waals surface area contributed by atoms with Gasteiger partial charge in [0.05, 0.1) is 16.6 Å². The van der Waals surface area contributed by atoms with Gasteiger partial charge in [0.15, 0.2) is 0 Å². The largest absolute Gasteiger partial charge is 0.366 e. The number of aryl methyl sites for hydroxylation is 2. The lowest BCUT2D eigenvalue weighted by molar-refractivity contribution is 0.0746. The summed E-state index contributed by atoms with van der Waals surface area (Å²) in [5.74, 6) is -0.370. The van der Waals surface area contributed by atoms with Crippen LogP contribution in [-0.2, 0) is 12.8 Å². The number of aromatic nitrogens is 2. The lowest BCUT2D eigenvalue weighted by Crippen LogP contribution is -2.49. The van der Waals surface area contributed by atoms with Crippen molar-refractivity contribution in [2.45, 2.75) is 25.7 Å². The van der Waals surface area contributed by atoms with Gasteiger partial charge >= 0.3 is 0 Å². The normalized spacial score (nSPS) is 16.4. The fourth-order valence-electron chi connectivity index (χ4n) is 4.99. The Bertz CT molecular complexity index is 1450. The van der Waals surface area contributed by atoms with E-state index in [9.17, 15) is 14.0 Å². The van der Waals surface area contributed by atoms with Crippen molar-refractivity contribution in [2.24, 2.45) is 0 Å². The third-order valence-electron chi connectivity index (χ3n) is 6.74. The van der Waals surface area contributed by atoms with Gasteiger partial charge < -0.3 is 9.80 Å². The van der Waals surface area contributed by atoms with Crippen LogP contribution in [0.15, 0.2) is 47.4 Å². The Hall–Kier alpha value is -3.26. The van der Waals surface area contributed by atoms with E-state index in [0.29, 0.717) is 43.1 Å². The molecule has 0 saturated carbocycles. The fourth-order valence-corrected chi connectivity index (χ4v) is 6.25. The van der Waals surface area contributed by atoms with E-state index < -0.39 is 0 Å². The number of amides is 1. The summed E-state index contributed by atoms with van der Waals surface area (Å²) in [6.45, 7) is 2.11. The minimum absolute atomic E-state index is 0.0894. The molecule has 8 heteroatoms. The Kier molecular flexibility index (Phi) is 4.90. The number of halogens is 1. The summed E-state index contributed by atoms with van der Waals surface area (Å²) >= 11 is 1.63. The van der Waals surface area contributed by atoms with Crippen molar-refractivity contribution in [3.8, 4) is 0 Å². The number of pyridine rings is 1. The van der Waals surface area contributed by atoms with Crippen molar-refractivity contribution in [3.63, 3.8) is 0 Å². The molecular weight excluding hydrogens is 439 g/mol. The minimum Gasteiger partial charge on any atom is -0.366 e. The second-order valence-corrected chi connectivity index (χ2v) is 9.77. The first kappa shape index (κ1) is 20.4. The predicted octanol–water partition coefficient (Wildman–Crippen LogP) is 3.89. The summed E-state index contributed by atoms with van der Waals surface area (Å²) in [6, 6.07) is 10.2. The minimum atomic E-state index is -0.249. The number of hydrogen-bond donors (Lipinski definition) is 0. The molecule has 4 aromatic rings. The third kappa shape index (κ3) is 3.40. The van der Waals surface area contributed by atoms with E-state index in [0.717, 1.165) is 41.5 Å². The quantitative estimate of drug-likeness (QED) is 0.454. The number of rotatable bonds is 2. The van der Waals surface area contributed by atoms with Gasteiger partial charge in [-0.1, -0.05) is 12.1 Å². The van der Waals surface area contributed by atoms with Gasteiger partial charge in [0, 0.05) is 37.3 Å². The van der Waals surface area contributed by atoms with Crippen LogP contribution in [0.1, 0.15) is 33.6 Å². The van der Waals surface area contributed by atoms with Gasteiger partial charge in [-0.2, -0.15) is 0 Å². The molecule has 1 fully saturated rings. The molecule has 3 aromatic heterocycles.